The molecular weight excluding hydrogens is 236 g/mol. The van der Waals surface area contributed by atoms with Crippen molar-refractivity contribution < 1.29 is 9.47 Å². The molecule has 1 aliphatic rings. The van der Waals surface area contributed by atoms with Gasteiger partial charge in [0.2, 0.25) is 0 Å². The van der Waals surface area contributed by atoms with E-state index in [9.17, 15) is 0 Å². The molecule has 1 aromatic carbocycles. The smallest absolute Gasteiger partial charge is 0.158 e. The normalized spacial score (nSPS) is 22.8. The molecule has 2 nitrogen and oxygen atoms in total. The summed E-state index contributed by atoms with van der Waals surface area (Å²) in [6.45, 7) is 3.00. The van der Waals surface area contributed by atoms with Crippen molar-refractivity contribution in [2.24, 2.45) is 0 Å². The first-order chi connectivity index (χ1) is 9.38. The first-order valence-corrected chi connectivity index (χ1v) is 7.69. The summed E-state index contributed by atoms with van der Waals surface area (Å²) in [6.07, 6.45) is 8.77. The largest absolute Gasteiger partial charge is 0.352 e. The first-order valence-electron chi connectivity index (χ1n) is 7.69. The van der Waals surface area contributed by atoms with Crippen molar-refractivity contribution in [1.82, 2.24) is 0 Å². The molecule has 0 spiro atoms. The van der Waals surface area contributed by atoms with Crippen LogP contribution in [0.25, 0.3) is 0 Å². The topological polar surface area (TPSA) is 18.5 Å². The lowest BCUT2D eigenvalue weighted by Crippen LogP contribution is -2.16. The van der Waals surface area contributed by atoms with E-state index in [0.717, 1.165) is 19.4 Å². The van der Waals surface area contributed by atoms with Gasteiger partial charge in [0.25, 0.3) is 0 Å². The first kappa shape index (κ1) is 14.5. The molecule has 0 unspecified atom stereocenters. The predicted octanol–water partition coefficient (Wildman–Crippen LogP) is 4.33. The number of benzene rings is 1. The van der Waals surface area contributed by atoms with Crippen molar-refractivity contribution >= 4 is 0 Å². The van der Waals surface area contributed by atoms with Gasteiger partial charge in [-0.15, -0.1) is 0 Å². The SMILES string of the molecule is CCCCC[C@H]1CC[C@@H](OCCc2ccccc2)O1. The summed E-state index contributed by atoms with van der Waals surface area (Å²) in [5.41, 5.74) is 1.33. The summed E-state index contributed by atoms with van der Waals surface area (Å²) in [6, 6.07) is 10.5. The van der Waals surface area contributed by atoms with Gasteiger partial charge >= 0.3 is 0 Å². The van der Waals surface area contributed by atoms with Gasteiger partial charge < -0.3 is 9.47 Å². The summed E-state index contributed by atoms with van der Waals surface area (Å²) in [5, 5.41) is 0. The van der Waals surface area contributed by atoms with Crippen LogP contribution < -0.4 is 0 Å². The van der Waals surface area contributed by atoms with Crippen LogP contribution in [0.1, 0.15) is 51.0 Å². The second-order valence-corrected chi connectivity index (χ2v) is 5.37. The van der Waals surface area contributed by atoms with E-state index < -0.39 is 0 Å². The summed E-state index contributed by atoms with van der Waals surface area (Å²) in [4.78, 5) is 0. The van der Waals surface area contributed by atoms with E-state index >= 15 is 0 Å². The van der Waals surface area contributed by atoms with Gasteiger partial charge in [-0.25, -0.2) is 0 Å². The fraction of sp³-hybridized carbons (Fsp3) is 0.647. The lowest BCUT2D eigenvalue weighted by atomic mass is 10.1. The second-order valence-electron chi connectivity index (χ2n) is 5.37. The highest BCUT2D eigenvalue weighted by molar-refractivity contribution is 5.14. The summed E-state index contributed by atoms with van der Waals surface area (Å²) < 4.78 is 11.7. The molecule has 0 radical (unpaired) electrons. The van der Waals surface area contributed by atoms with E-state index in [2.05, 4.69) is 31.2 Å². The van der Waals surface area contributed by atoms with E-state index in [-0.39, 0.29) is 6.29 Å². The predicted molar refractivity (Wildman–Crippen MR) is 78.1 cm³/mol. The van der Waals surface area contributed by atoms with Crippen LogP contribution in [0.4, 0.5) is 0 Å². The van der Waals surface area contributed by atoms with Gasteiger partial charge in [-0.2, -0.15) is 0 Å². The van der Waals surface area contributed by atoms with Gasteiger partial charge in [0.1, 0.15) is 0 Å². The molecule has 0 aromatic heterocycles. The lowest BCUT2D eigenvalue weighted by Gasteiger charge is -2.14. The minimum Gasteiger partial charge on any atom is -0.352 e. The Morgan fingerprint density at radius 2 is 2.00 bits per heavy atom. The van der Waals surface area contributed by atoms with Gasteiger partial charge in [-0.3, -0.25) is 0 Å². The van der Waals surface area contributed by atoms with Crippen LogP contribution in [0.3, 0.4) is 0 Å². The van der Waals surface area contributed by atoms with Crippen LogP contribution in [0.2, 0.25) is 0 Å². The Bertz CT molecular complexity index is 336. The molecule has 0 aliphatic carbocycles. The molecule has 2 atom stereocenters. The number of hydrogen-bond donors (Lipinski definition) is 0. The molecule has 19 heavy (non-hydrogen) atoms. The molecule has 0 bridgehead atoms. The molecule has 1 heterocycles. The molecule has 0 saturated carbocycles. The number of hydrogen-bond acceptors (Lipinski definition) is 2. The average molecular weight is 262 g/mol. The minimum absolute atomic E-state index is 0.0374. The molecule has 2 heteroatoms. The molecule has 1 aromatic rings. The molecule has 1 aliphatic heterocycles. The maximum absolute atomic E-state index is 5.92. The molecule has 106 valence electrons. The van der Waals surface area contributed by atoms with Gasteiger partial charge in [0, 0.05) is 6.42 Å². The third-order valence-electron chi connectivity index (χ3n) is 3.74. The van der Waals surface area contributed by atoms with E-state index in [4.69, 9.17) is 9.47 Å². The highest BCUT2D eigenvalue weighted by atomic mass is 16.7. The van der Waals surface area contributed by atoms with Gasteiger partial charge in [0.15, 0.2) is 6.29 Å². The Morgan fingerprint density at radius 1 is 1.16 bits per heavy atom. The number of unbranched alkanes of at least 4 members (excludes halogenated alkanes) is 2. The highest BCUT2D eigenvalue weighted by Gasteiger charge is 2.24. The molecule has 0 amide bonds. The zero-order valence-electron chi connectivity index (χ0n) is 12.0. The monoisotopic (exact) mass is 262 g/mol. The fourth-order valence-corrected chi connectivity index (χ4v) is 2.58. The van der Waals surface area contributed by atoms with Crippen LogP contribution in [0, 0.1) is 0 Å². The molecule has 1 saturated heterocycles. The zero-order chi connectivity index (χ0) is 13.3. The third-order valence-corrected chi connectivity index (χ3v) is 3.74. The van der Waals surface area contributed by atoms with Crippen LogP contribution in [0.5, 0.6) is 0 Å². The van der Waals surface area contributed by atoms with Crippen molar-refractivity contribution in [2.45, 2.75) is 64.3 Å². The van der Waals surface area contributed by atoms with E-state index in [1.807, 2.05) is 6.07 Å². The van der Waals surface area contributed by atoms with Crippen molar-refractivity contribution in [3.05, 3.63) is 35.9 Å². The maximum atomic E-state index is 5.92. The van der Waals surface area contributed by atoms with E-state index in [1.165, 1.54) is 37.7 Å². The van der Waals surface area contributed by atoms with Crippen molar-refractivity contribution in [1.29, 1.82) is 0 Å². The van der Waals surface area contributed by atoms with Gasteiger partial charge in [-0.1, -0.05) is 56.5 Å². The number of ether oxygens (including phenoxy) is 2. The summed E-state index contributed by atoms with van der Waals surface area (Å²) >= 11 is 0. The zero-order valence-corrected chi connectivity index (χ0v) is 12.0. The lowest BCUT2D eigenvalue weighted by molar-refractivity contribution is -0.133. The quantitative estimate of drug-likeness (QED) is 0.649. The van der Waals surface area contributed by atoms with Gasteiger partial charge in [-0.05, 0) is 24.8 Å². The molecule has 1 fully saturated rings. The Balaban J connectivity index is 1.57. The van der Waals surface area contributed by atoms with Crippen LogP contribution in [0.15, 0.2) is 30.3 Å². The molecular formula is C17H26O2. The molecule has 2 rings (SSSR count). The standard InChI is InChI=1S/C17H26O2/c1-2-3-5-10-16-11-12-17(19-16)18-14-13-15-8-6-4-7-9-15/h4,6-9,16-17H,2-3,5,10-14H2,1H3/t16-,17-/m0/s1. The van der Waals surface area contributed by atoms with Gasteiger partial charge in [0.05, 0.1) is 12.7 Å². The maximum Gasteiger partial charge on any atom is 0.158 e. The summed E-state index contributed by atoms with van der Waals surface area (Å²) in [5.74, 6) is 0. The van der Waals surface area contributed by atoms with Crippen molar-refractivity contribution in [3.8, 4) is 0 Å². The van der Waals surface area contributed by atoms with Crippen LogP contribution in [-0.2, 0) is 15.9 Å². The minimum atomic E-state index is 0.0374. The Morgan fingerprint density at radius 3 is 2.79 bits per heavy atom. The third kappa shape index (κ3) is 5.33. The summed E-state index contributed by atoms with van der Waals surface area (Å²) in [7, 11) is 0. The number of rotatable bonds is 8. The highest BCUT2D eigenvalue weighted by Crippen LogP contribution is 2.24. The second kappa shape index (κ2) is 8.34. The van der Waals surface area contributed by atoms with Crippen molar-refractivity contribution in [2.75, 3.05) is 6.61 Å². The Hall–Kier alpha value is -0.860. The Labute approximate surface area is 117 Å². The van der Waals surface area contributed by atoms with E-state index in [1.54, 1.807) is 0 Å². The van der Waals surface area contributed by atoms with E-state index in [0.29, 0.717) is 6.10 Å². The van der Waals surface area contributed by atoms with Crippen molar-refractivity contribution in [3.63, 3.8) is 0 Å². The average Bonchev–Trinajstić information content (AvgIpc) is 2.88. The Kier molecular flexibility index (Phi) is 6.38. The fourth-order valence-electron chi connectivity index (χ4n) is 2.58. The van der Waals surface area contributed by atoms with Crippen LogP contribution >= 0.6 is 0 Å². The van der Waals surface area contributed by atoms with Crippen LogP contribution in [-0.4, -0.2) is 19.0 Å². The molecule has 0 N–H and O–H groups in total.